The number of hydrogen-bond acceptors (Lipinski definition) is 4. The second kappa shape index (κ2) is 10.3. The molecule has 2 saturated heterocycles. The van der Waals surface area contributed by atoms with Crippen LogP contribution in [-0.4, -0.2) is 86.1 Å². The zero-order chi connectivity index (χ0) is 20.8. The van der Waals surface area contributed by atoms with Crippen molar-refractivity contribution < 1.29 is 9.53 Å². The molecular formula is C23H35N5O2. The highest BCUT2D eigenvalue weighted by Gasteiger charge is 2.27. The molecular weight excluding hydrogens is 378 g/mol. The predicted molar refractivity (Wildman–Crippen MR) is 118 cm³/mol. The molecule has 7 nitrogen and oxygen atoms in total. The van der Waals surface area contributed by atoms with Crippen molar-refractivity contribution in [2.24, 2.45) is 10.9 Å². The summed E-state index contributed by atoms with van der Waals surface area (Å²) in [6.07, 6.45) is 2.62. The summed E-state index contributed by atoms with van der Waals surface area (Å²) in [5, 5.41) is 3.47. The van der Waals surface area contributed by atoms with Crippen LogP contribution in [0.2, 0.25) is 0 Å². The van der Waals surface area contributed by atoms with Crippen LogP contribution in [0.4, 0.5) is 0 Å². The Hall–Kier alpha value is -2.12. The third-order valence-corrected chi connectivity index (χ3v) is 6.46. The van der Waals surface area contributed by atoms with E-state index in [-0.39, 0.29) is 5.91 Å². The number of benzene rings is 1. The molecule has 164 valence electrons. The lowest BCUT2D eigenvalue weighted by atomic mass is 10.1. The Balaban J connectivity index is 1.14. The Labute approximate surface area is 180 Å². The fourth-order valence-corrected chi connectivity index (χ4v) is 4.76. The monoisotopic (exact) mass is 413 g/mol. The van der Waals surface area contributed by atoms with Crippen LogP contribution in [0.3, 0.4) is 0 Å². The molecule has 4 rings (SSSR count). The van der Waals surface area contributed by atoms with E-state index in [1.165, 1.54) is 17.5 Å². The molecule has 1 amide bonds. The van der Waals surface area contributed by atoms with Gasteiger partial charge < -0.3 is 19.9 Å². The van der Waals surface area contributed by atoms with Crippen molar-refractivity contribution in [1.82, 2.24) is 20.0 Å². The smallest absolute Gasteiger partial charge is 0.223 e. The predicted octanol–water partition coefficient (Wildman–Crippen LogP) is 1.54. The van der Waals surface area contributed by atoms with Gasteiger partial charge in [-0.3, -0.25) is 14.7 Å². The van der Waals surface area contributed by atoms with E-state index in [4.69, 9.17) is 4.74 Å². The van der Waals surface area contributed by atoms with Crippen LogP contribution in [-0.2, 0) is 22.6 Å². The summed E-state index contributed by atoms with van der Waals surface area (Å²) in [4.78, 5) is 23.9. The number of amides is 1. The average molecular weight is 414 g/mol. The van der Waals surface area contributed by atoms with E-state index in [0.29, 0.717) is 12.3 Å². The normalized spacial score (nSPS) is 22.4. The van der Waals surface area contributed by atoms with E-state index >= 15 is 0 Å². The topological polar surface area (TPSA) is 60.4 Å². The highest BCUT2D eigenvalue weighted by Crippen LogP contribution is 2.23. The van der Waals surface area contributed by atoms with Crippen molar-refractivity contribution in [2.45, 2.75) is 32.4 Å². The molecule has 3 aliphatic rings. The first-order chi connectivity index (χ1) is 14.7. The molecule has 1 aromatic rings. The highest BCUT2D eigenvalue weighted by atomic mass is 16.5. The third kappa shape index (κ3) is 5.32. The summed E-state index contributed by atoms with van der Waals surface area (Å²) in [6.45, 7) is 9.39. The van der Waals surface area contributed by atoms with Gasteiger partial charge in [0.1, 0.15) is 0 Å². The number of ether oxygens (including phenoxy) is 1. The van der Waals surface area contributed by atoms with Crippen LogP contribution >= 0.6 is 0 Å². The maximum Gasteiger partial charge on any atom is 0.223 e. The zero-order valence-electron chi connectivity index (χ0n) is 18.2. The number of carbonyl (C=O) groups is 1. The SMILES string of the molecule is CN=C(NCCCC(=O)N1Cc2ccccc2C1)N1CCC(CN2CCOCC2)C1. The summed E-state index contributed by atoms with van der Waals surface area (Å²) < 4.78 is 5.45. The number of likely N-dealkylation sites (tertiary alicyclic amines) is 1. The highest BCUT2D eigenvalue weighted by molar-refractivity contribution is 5.80. The zero-order valence-corrected chi connectivity index (χ0v) is 18.2. The molecule has 7 heteroatoms. The molecule has 3 heterocycles. The van der Waals surface area contributed by atoms with Crippen molar-refractivity contribution in [3.05, 3.63) is 35.4 Å². The van der Waals surface area contributed by atoms with Gasteiger partial charge in [-0.15, -0.1) is 0 Å². The van der Waals surface area contributed by atoms with Gasteiger partial charge in [-0.25, -0.2) is 0 Å². The van der Waals surface area contributed by atoms with E-state index in [2.05, 4.69) is 32.2 Å². The largest absolute Gasteiger partial charge is 0.379 e. The van der Waals surface area contributed by atoms with Crippen molar-refractivity contribution in [1.29, 1.82) is 0 Å². The van der Waals surface area contributed by atoms with Gasteiger partial charge in [0.15, 0.2) is 5.96 Å². The molecule has 0 aromatic heterocycles. The second-order valence-electron chi connectivity index (χ2n) is 8.61. The standard InChI is InChI=1S/C23H35N5O2/c1-24-23(27-10-8-19(16-27)15-26-11-13-30-14-12-26)25-9-4-7-22(29)28-17-20-5-2-3-6-21(20)18-28/h2-3,5-6,19H,4,7-18H2,1H3,(H,24,25). The van der Waals surface area contributed by atoms with Crippen LogP contribution in [0.15, 0.2) is 29.3 Å². The van der Waals surface area contributed by atoms with Crippen LogP contribution in [0, 0.1) is 5.92 Å². The number of nitrogens with zero attached hydrogens (tertiary/aromatic N) is 4. The number of nitrogens with one attached hydrogen (secondary N) is 1. The minimum atomic E-state index is 0.245. The maximum absolute atomic E-state index is 12.6. The van der Waals surface area contributed by atoms with Crippen molar-refractivity contribution in [3.63, 3.8) is 0 Å². The lowest BCUT2D eigenvalue weighted by Crippen LogP contribution is -2.42. The number of carbonyl (C=O) groups excluding carboxylic acids is 1. The fourth-order valence-electron chi connectivity index (χ4n) is 4.76. The summed E-state index contributed by atoms with van der Waals surface area (Å²) in [5.74, 6) is 1.91. The number of fused-ring (bicyclic) bond motifs is 1. The molecule has 0 spiro atoms. The molecule has 30 heavy (non-hydrogen) atoms. The Morgan fingerprint density at radius 3 is 2.57 bits per heavy atom. The number of guanidine groups is 1. The van der Waals surface area contributed by atoms with Gasteiger partial charge >= 0.3 is 0 Å². The number of aliphatic imine (C=N–C) groups is 1. The molecule has 1 unspecified atom stereocenters. The Morgan fingerprint density at radius 2 is 1.87 bits per heavy atom. The Bertz CT molecular complexity index is 722. The minimum absolute atomic E-state index is 0.245. The minimum Gasteiger partial charge on any atom is -0.379 e. The molecule has 0 radical (unpaired) electrons. The van der Waals surface area contributed by atoms with Gasteiger partial charge in [-0.05, 0) is 29.9 Å². The van der Waals surface area contributed by atoms with Crippen LogP contribution < -0.4 is 5.32 Å². The molecule has 2 fully saturated rings. The first kappa shape index (κ1) is 21.1. The van der Waals surface area contributed by atoms with Crippen LogP contribution in [0.25, 0.3) is 0 Å². The first-order valence-electron chi connectivity index (χ1n) is 11.3. The quantitative estimate of drug-likeness (QED) is 0.436. The summed E-state index contributed by atoms with van der Waals surface area (Å²) in [5.41, 5.74) is 2.56. The molecule has 0 aliphatic carbocycles. The van der Waals surface area contributed by atoms with Gasteiger partial charge in [-0.2, -0.15) is 0 Å². The van der Waals surface area contributed by atoms with E-state index in [0.717, 1.165) is 78.0 Å². The van der Waals surface area contributed by atoms with Crippen molar-refractivity contribution >= 4 is 11.9 Å². The third-order valence-electron chi connectivity index (χ3n) is 6.46. The van der Waals surface area contributed by atoms with Crippen LogP contribution in [0.1, 0.15) is 30.4 Å². The average Bonchev–Trinajstić information content (AvgIpc) is 3.41. The number of morpholine rings is 1. The Morgan fingerprint density at radius 1 is 1.13 bits per heavy atom. The van der Waals surface area contributed by atoms with Gasteiger partial charge in [0.2, 0.25) is 5.91 Å². The van der Waals surface area contributed by atoms with Crippen molar-refractivity contribution in [3.8, 4) is 0 Å². The second-order valence-corrected chi connectivity index (χ2v) is 8.61. The molecule has 1 atom stereocenters. The fraction of sp³-hybridized carbons (Fsp3) is 0.652. The van der Waals surface area contributed by atoms with E-state index in [1.807, 2.05) is 24.1 Å². The molecule has 1 N–H and O–H groups in total. The summed E-state index contributed by atoms with van der Waals surface area (Å²) in [6, 6.07) is 8.34. The Kier molecular flexibility index (Phi) is 7.23. The van der Waals surface area contributed by atoms with E-state index in [9.17, 15) is 4.79 Å². The van der Waals surface area contributed by atoms with E-state index < -0.39 is 0 Å². The molecule has 3 aliphatic heterocycles. The molecule has 0 saturated carbocycles. The van der Waals surface area contributed by atoms with Crippen molar-refractivity contribution in [2.75, 3.05) is 59.5 Å². The molecule has 0 bridgehead atoms. The van der Waals surface area contributed by atoms with Gasteiger partial charge in [-0.1, -0.05) is 24.3 Å². The summed E-state index contributed by atoms with van der Waals surface area (Å²) >= 11 is 0. The lowest BCUT2D eigenvalue weighted by molar-refractivity contribution is -0.131. The maximum atomic E-state index is 12.6. The van der Waals surface area contributed by atoms with Gasteiger partial charge in [0.25, 0.3) is 0 Å². The summed E-state index contributed by atoms with van der Waals surface area (Å²) in [7, 11) is 1.85. The van der Waals surface area contributed by atoms with Gasteiger partial charge in [0.05, 0.1) is 13.2 Å². The first-order valence-corrected chi connectivity index (χ1v) is 11.3. The van der Waals surface area contributed by atoms with E-state index in [1.54, 1.807) is 0 Å². The van der Waals surface area contributed by atoms with Gasteiger partial charge in [0, 0.05) is 65.8 Å². The lowest BCUT2D eigenvalue weighted by Gasteiger charge is -2.29. The number of rotatable bonds is 6. The number of hydrogen-bond donors (Lipinski definition) is 1. The molecule has 1 aromatic carbocycles. The van der Waals surface area contributed by atoms with Crippen LogP contribution in [0.5, 0.6) is 0 Å².